The molecule has 0 saturated carbocycles. The lowest BCUT2D eigenvalue weighted by molar-refractivity contribution is 0.726. The van der Waals surface area contributed by atoms with E-state index in [1.807, 2.05) is 18.3 Å². The highest BCUT2D eigenvalue weighted by Crippen LogP contribution is 2.26. The summed E-state index contributed by atoms with van der Waals surface area (Å²) in [6.07, 6.45) is 6.88. The van der Waals surface area contributed by atoms with E-state index >= 15 is 0 Å². The van der Waals surface area contributed by atoms with Gasteiger partial charge in [-0.25, -0.2) is 4.98 Å². The van der Waals surface area contributed by atoms with Crippen molar-refractivity contribution in [1.29, 1.82) is 0 Å². The summed E-state index contributed by atoms with van der Waals surface area (Å²) < 4.78 is 0. The maximum absolute atomic E-state index is 6.17. The molecule has 0 amide bonds. The first kappa shape index (κ1) is 13.9. The summed E-state index contributed by atoms with van der Waals surface area (Å²) in [6.45, 7) is 4.14. The number of benzene rings is 1. The summed E-state index contributed by atoms with van der Waals surface area (Å²) >= 11 is 0. The Labute approximate surface area is 126 Å². The third kappa shape index (κ3) is 3.15. The third-order valence-corrected chi connectivity index (χ3v) is 4.02. The molecule has 0 spiro atoms. The first-order valence-corrected chi connectivity index (χ1v) is 7.68. The minimum atomic E-state index is 0.565. The van der Waals surface area contributed by atoms with E-state index in [9.17, 15) is 0 Å². The molecular formula is C17H22N4. The van der Waals surface area contributed by atoms with Crippen molar-refractivity contribution < 1.29 is 0 Å². The topological polar surface area (TPSA) is 55.0 Å². The van der Waals surface area contributed by atoms with Gasteiger partial charge in [0.05, 0.1) is 0 Å². The van der Waals surface area contributed by atoms with Crippen LogP contribution in [0.3, 0.4) is 0 Å². The summed E-state index contributed by atoms with van der Waals surface area (Å²) in [5, 5.41) is 0. The standard InChI is InChI=1S/C17H22N4/c1-13-7-6-8-14(11-13)15-12-19-17(20-16(15)18)21-9-4-2-3-5-10-21/h6-8,11-12H,2-5,9-10H2,1H3,(H2,18,19,20). The molecule has 0 radical (unpaired) electrons. The van der Waals surface area contributed by atoms with Crippen LogP contribution in [0.2, 0.25) is 0 Å². The number of aryl methyl sites for hydroxylation is 1. The van der Waals surface area contributed by atoms with Crippen molar-refractivity contribution in [2.75, 3.05) is 23.7 Å². The number of aromatic nitrogens is 2. The lowest BCUT2D eigenvalue weighted by atomic mass is 10.1. The first-order valence-electron chi connectivity index (χ1n) is 7.68. The number of hydrogen-bond donors (Lipinski definition) is 1. The van der Waals surface area contributed by atoms with Crippen molar-refractivity contribution in [2.24, 2.45) is 0 Å². The van der Waals surface area contributed by atoms with Crippen molar-refractivity contribution in [3.63, 3.8) is 0 Å². The Morgan fingerprint density at radius 3 is 2.52 bits per heavy atom. The van der Waals surface area contributed by atoms with Crippen LogP contribution in [0, 0.1) is 6.92 Å². The molecule has 4 heteroatoms. The van der Waals surface area contributed by atoms with E-state index in [0.29, 0.717) is 5.82 Å². The van der Waals surface area contributed by atoms with Gasteiger partial charge in [-0.3, -0.25) is 0 Å². The van der Waals surface area contributed by atoms with Crippen molar-refractivity contribution >= 4 is 11.8 Å². The zero-order valence-corrected chi connectivity index (χ0v) is 12.5. The quantitative estimate of drug-likeness (QED) is 0.917. The van der Waals surface area contributed by atoms with Crippen LogP contribution in [0.1, 0.15) is 31.2 Å². The molecule has 1 aromatic heterocycles. The highest BCUT2D eigenvalue weighted by Gasteiger charge is 2.14. The molecule has 2 aromatic rings. The minimum absolute atomic E-state index is 0.565. The predicted molar refractivity (Wildman–Crippen MR) is 87.3 cm³/mol. The number of rotatable bonds is 2. The van der Waals surface area contributed by atoms with Crippen LogP contribution in [0.4, 0.5) is 11.8 Å². The molecule has 0 aliphatic carbocycles. The van der Waals surface area contributed by atoms with Gasteiger partial charge in [-0.1, -0.05) is 42.7 Å². The molecule has 0 atom stereocenters. The summed E-state index contributed by atoms with van der Waals surface area (Å²) in [5.41, 5.74) is 9.38. The number of nitrogen functional groups attached to an aromatic ring is 1. The molecule has 0 bridgehead atoms. The van der Waals surface area contributed by atoms with Gasteiger partial charge in [-0.15, -0.1) is 0 Å². The highest BCUT2D eigenvalue weighted by atomic mass is 15.3. The SMILES string of the molecule is Cc1cccc(-c2cnc(N3CCCCCC3)nc2N)c1. The van der Waals surface area contributed by atoms with Gasteiger partial charge in [0, 0.05) is 24.8 Å². The molecule has 1 aromatic carbocycles. The van der Waals surface area contributed by atoms with Crippen molar-refractivity contribution in [3.8, 4) is 11.1 Å². The van der Waals surface area contributed by atoms with Crippen LogP contribution in [0.15, 0.2) is 30.5 Å². The van der Waals surface area contributed by atoms with Crippen LogP contribution in [-0.4, -0.2) is 23.1 Å². The van der Waals surface area contributed by atoms with Crippen LogP contribution in [0.5, 0.6) is 0 Å². The van der Waals surface area contributed by atoms with Crippen LogP contribution >= 0.6 is 0 Å². The Hall–Kier alpha value is -2.10. The minimum Gasteiger partial charge on any atom is -0.383 e. The molecule has 1 fully saturated rings. The van der Waals surface area contributed by atoms with E-state index in [-0.39, 0.29) is 0 Å². The highest BCUT2D eigenvalue weighted by molar-refractivity contribution is 5.74. The van der Waals surface area contributed by atoms with E-state index in [2.05, 4.69) is 33.9 Å². The van der Waals surface area contributed by atoms with Gasteiger partial charge in [0.1, 0.15) is 5.82 Å². The van der Waals surface area contributed by atoms with Gasteiger partial charge in [0.15, 0.2) is 0 Å². The second-order valence-corrected chi connectivity index (χ2v) is 5.74. The number of nitrogens with zero attached hydrogens (tertiary/aromatic N) is 3. The Kier molecular flexibility index (Phi) is 4.04. The third-order valence-electron chi connectivity index (χ3n) is 4.02. The maximum Gasteiger partial charge on any atom is 0.227 e. The Morgan fingerprint density at radius 2 is 1.86 bits per heavy atom. The number of nitrogens with two attached hydrogens (primary N) is 1. The van der Waals surface area contributed by atoms with Crippen molar-refractivity contribution in [1.82, 2.24) is 9.97 Å². The van der Waals surface area contributed by atoms with E-state index in [4.69, 9.17) is 5.73 Å². The van der Waals surface area contributed by atoms with E-state index in [1.54, 1.807) is 0 Å². The Morgan fingerprint density at radius 1 is 1.10 bits per heavy atom. The zero-order valence-electron chi connectivity index (χ0n) is 12.5. The van der Waals surface area contributed by atoms with E-state index in [0.717, 1.165) is 30.2 Å². The van der Waals surface area contributed by atoms with E-state index in [1.165, 1.54) is 31.2 Å². The average Bonchev–Trinajstić information content (AvgIpc) is 2.76. The maximum atomic E-state index is 6.17. The lowest BCUT2D eigenvalue weighted by Gasteiger charge is -2.20. The second-order valence-electron chi connectivity index (χ2n) is 5.74. The molecule has 110 valence electrons. The van der Waals surface area contributed by atoms with Crippen molar-refractivity contribution in [3.05, 3.63) is 36.0 Å². The fourth-order valence-corrected chi connectivity index (χ4v) is 2.84. The van der Waals surface area contributed by atoms with Crippen LogP contribution < -0.4 is 10.6 Å². The summed E-state index contributed by atoms with van der Waals surface area (Å²) in [4.78, 5) is 11.3. The molecule has 21 heavy (non-hydrogen) atoms. The van der Waals surface area contributed by atoms with Gasteiger partial charge < -0.3 is 10.6 Å². The molecular weight excluding hydrogens is 260 g/mol. The summed E-state index contributed by atoms with van der Waals surface area (Å²) in [5.74, 6) is 1.33. The Bertz CT molecular complexity index is 616. The van der Waals surface area contributed by atoms with E-state index < -0.39 is 0 Å². The molecule has 4 nitrogen and oxygen atoms in total. The molecule has 3 rings (SSSR count). The van der Waals surface area contributed by atoms with Gasteiger partial charge in [0.2, 0.25) is 5.95 Å². The van der Waals surface area contributed by atoms with Gasteiger partial charge in [-0.05, 0) is 25.3 Å². The van der Waals surface area contributed by atoms with Gasteiger partial charge in [0.25, 0.3) is 0 Å². The normalized spacial score (nSPS) is 15.8. The molecule has 1 aliphatic rings. The molecule has 2 heterocycles. The first-order chi connectivity index (χ1) is 10.2. The van der Waals surface area contributed by atoms with Crippen molar-refractivity contribution in [2.45, 2.75) is 32.6 Å². The molecule has 1 aliphatic heterocycles. The molecule has 2 N–H and O–H groups in total. The average molecular weight is 282 g/mol. The summed E-state index contributed by atoms with van der Waals surface area (Å²) in [7, 11) is 0. The Balaban J connectivity index is 1.89. The van der Waals surface area contributed by atoms with Gasteiger partial charge in [-0.2, -0.15) is 4.98 Å². The summed E-state index contributed by atoms with van der Waals surface area (Å²) in [6, 6.07) is 8.27. The number of hydrogen-bond acceptors (Lipinski definition) is 4. The molecule has 0 unspecified atom stereocenters. The van der Waals surface area contributed by atoms with Gasteiger partial charge >= 0.3 is 0 Å². The molecule has 1 saturated heterocycles. The predicted octanol–water partition coefficient (Wildman–Crippen LogP) is 3.41. The number of anilines is 2. The second kappa shape index (κ2) is 6.12. The lowest BCUT2D eigenvalue weighted by Crippen LogP contribution is -2.26. The van der Waals surface area contributed by atoms with Crippen LogP contribution in [0.25, 0.3) is 11.1 Å². The largest absolute Gasteiger partial charge is 0.383 e. The zero-order chi connectivity index (χ0) is 14.7. The van der Waals surface area contributed by atoms with Crippen LogP contribution in [-0.2, 0) is 0 Å². The smallest absolute Gasteiger partial charge is 0.227 e. The fourth-order valence-electron chi connectivity index (χ4n) is 2.84. The fraction of sp³-hybridized carbons (Fsp3) is 0.412. The monoisotopic (exact) mass is 282 g/mol.